The van der Waals surface area contributed by atoms with Crippen molar-refractivity contribution in [1.29, 1.82) is 0 Å². The lowest BCUT2D eigenvalue weighted by Crippen LogP contribution is -2.47. The van der Waals surface area contributed by atoms with Crippen LogP contribution in [0.1, 0.15) is 0 Å². The van der Waals surface area contributed by atoms with Crippen LogP contribution in [-0.4, -0.2) is 57.9 Å². The van der Waals surface area contributed by atoms with Crippen molar-refractivity contribution in [3.05, 3.63) is 46.7 Å². The molecule has 1 fully saturated rings. The fourth-order valence-electron chi connectivity index (χ4n) is 2.98. The largest absolute Gasteiger partial charge is 0.497 e. The SMILES string of the molecule is COc1ccc(Nc2nn(CN3CCN(c4ncccn4)CC3)c(=S)s2)cc1. The fourth-order valence-corrected chi connectivity index (χ4v) is 3.99. The molecule has 2 aromatic heterocycles. The third-order valence-electron chi connectivity index (χ3n) is 4.49. The van der Waals surface area contributed by atoms with Crippen LogP contribution in [0.2, 0.25) is 0 Å². The quantitative estimate of drug-likeness (QED) is 0.616. The van der Waals surface area contributed by atoms with E-state index in [1.54, 1.807) is 19.5 Å². The van der Waals surface area contributed by atoms with Crippen LogP contribution in [0.3, 0.4) is 0 Å². The summed E-state index contributed by atoms with van der Waals surface area (Å²) in [5, 5.41) is 8.71. The molecule has 0 unspecified atom stereocenters. The van der Waals surface area contributed by atoms with Crippen LogP contribution in [0.5, 0.6) is 5.75 Å². The van der Waals surface area contributed by atoms with Gasteiger partial charge in [-0.05, 0) is 42.5 Å². The molecule has 146 valence electrons. The smallest absolute Gasteiger partial charge is 0.225 e. The van der Waals surface area contributed by atoms with E-state index in [2.05, 4.69) is 30.2 Å². The highest BCUT2D eigenvalue weighted by Crippen LogP contribution is 2.22. The maximum atomic E-state index is 5.50. The Hall–Kier alpha value is -2.56. The number of aromatic nitrogens is 4. The summed E-state index contributed by atoms with van der Waals surface area (Å²) in [6, 6.07) is 9.57. The second kappa shape index (κ2) is 8.63. The van der Waals surface area contributed by atoms with Gasteiger partial charge < -0.3 is 15.0 Å². The van der Waals surface area contributed by atoms with Gasteiger partial charge in [-0.15, -0.1) is 5.10 Å². The average molecular weight is 416 g/mol. The van der Waals surface area contributed by atoms with Gasteiger partial charge in [-0.3, -0.25) is 4.90 Å². The minimum absolute atomic E-state index is 0.684. The highest BCUT2D eigenvalue weighted by Gasteiger charge is 2.19. The lowest BCUT2D eigenvalue weighted by Gasteiger charge is -2.34. The van der Waals surface area contributed by atoms with Gasteiger partial charge in [0.2, 0.25) is 11.1 Å². The van der Waals surface area contributed by atoms with E-state index in [4.69, 9.17) is 17.0 Å². The Morgan fingerprint density at radius 2 is 1.82 bits per heavy atom. The van der Waals surface area contributed by atoms with E-state index in [-0.39, 0.29) is 0 Å². The molecule has 1 aromatic carbocycles. The average Bonchev–Trinajstić information content (AvgIpc) is 3.08. The zero-order valence-electron chi connectivity index (χ0n) is 15.5. The van der Waals surface area contributed by atoms with Crippen LogP contribution in [0.15, 0.2) is 42.7 Å². The highest BCUT2D eigenvalue weighted by molar-refractivity contribution is 7.73. The number of benzene rings is 1. The minimum Gasteiger partial charge on any atom is -0.497 e. The van der Waals surface area contributed by atoms with Crippen molar-refractivity contribution in [2.45, 2.75) is 6.67 Å². The molecule has 0 atom stereocenters. The number of nitrogens with zero attached hydrogens (tertiary/aromatic N) is 6. The third-order valence-corrected chi connectivity index (χ3v) is 5.71. The Morgan fingerprint density at radius 1 is 1.11 bits per heavy atom. The molecular weight excluding hydrogens is 394 g/mol. The van der Waals surface area contributed by atoms with Crippen molar-refractivity contribution in [2.75, 3.05) is 43.5 Å². The number of hydrogen-bond donors (Lipinski definition) is 1. The van der Waals surface area contributed by atoms with E-state index in [1.165, 1.54) is 11.3 Å². The summed E-state index contributed by atoms with van der Waals surface area (Å²) in [7, 11) is 1.66. The van der Waals surface area contributed by atoms with Crippen LogP contribution in [0.25, 0.3) is 0 Å². The van der Waals surface area contributed by atoms with Gasteiger partial charge >= 0.3 is 0 Å². The standard InChI is InChI=1S/C18H21N7OS2/c1-26-15-5-3-14(4-6-15)21-17-22-25(18(27)28-17)13-23-9-11-24(12-10-23)16-19-7-2-8-20-16/h2-8H,9-13H2,1H3,(H,21,22). The fraction of sp³-hybridized carbons (Fsp3) is 0.333. The van der Waals surface area contributed by atoms with Gasteiger partial charge in [0.1, 0.15) is 5.75 Å². The summed E-state index contributed by atoms with van der Waals surface area (Å²) in [6.45, 7) is 4.29. The molecule has 3 heterocycles. The van der Waals surface area contributed by atoms with Gasteiger partial charge in [0, 0.05) is 44.3 Å². The predicted octanol–water partition coefficient (Wildman–Crippen LogP) is 3.00. The van der Waals surface area contributed by atoms with Crippen LogP contribution in [-0.2, 0) is 6.67 Å². The van der Waals surface area contributed by atoms with Gasteiger partial charge in [-0.1, -0.05) is 11.3 Å². The molecule has 3 aromatic rings. The van der Waals surface area contributed by atoms with Gasteiger partial charge in [-0.2, -0.15) is 0 Å². The summed E-state index contributed by atoms with van der Waals surface area (Å²) < 4.78 is 7.81. The van der Waals surface area contributed by atoms with Crippen LogP contribution >= 0.6 is 23.6 Å². The zero-order chi connectivity index (χ0) is 19.3. The number of hydrogen-bond acceptors (Lipinski definition) is 9. The summed E-state index contributed by atoms with van der Waals surface area (Å²) in [6.07, 6.45) is 3.56. The van der Waals surface area contributed by atoms with Crippen LogP contribution in [0, 0.1) is 3.95 Å². The Balaban J connectivity index is 1.35. The zero-order valence-corrected chi connectivity index (χ0v) is 17.1. The minimum atomic E-state index is 0.684. The first-order valence-electron chi connectivity index (χ1n) is 8.94. The van der Waals surface area contributed by atoms with Crippen molar-refractivity contribution < 1.29 is 4.74 Å². The number of ether oxygens (including phenoxy) is 1. The summed E-state index contributed by atoms with van der Waals surface area (Å²) in [4.78, 5) is 13.2. The first kappa shape index (κ1) is 18.8. The molecule has 1 aliphatic rings. The van der Waals surface area contributed by atoms with E-state index in [0.717, 1.165) is 52.7 Å². The number of rotatable bonds is 6. The Bertz CT molecular complexity index is 950. The highest BCUT2D eigenvalue weighted by atomic mass is 32.1. The first-order chi connectivity index (χ1) is 13.7. The van der Waals surface area contributed by atoms with Gasteiger partial charge in [0.25, 0.3) is 0 Å². The molecular formula is C18H21N7OS2. The maximum absolute atomic E-state index is 5.50. The van der Waals surface area contributed by atoms with E-state index in [1.807, 2.05) is 35.0 Å². The molecule has 1 saturated heterocycles. The van der Waals surface area contributed by atoms with Crippen molar-refractivity contribution in [2.24, 2.45) is 0 Å². The molecule has 0 aliphatic carbocycles. The number of nitrogens with one attached hydrogen (secondary N) is 1. The van der Waals surface area contributed by atoms with Crippen LogP contribution in [0.4, 0.5) is 16.8 Å². The molecule has 0 bridgehead atoms. The second-order valence-corrected chi connectivity index (χ2v) is 7.94. The molecule has 0 saturated carbocycles. The van der Waals surface area contributed by atoms with Crippen LogP contribution < -0.4 is 15.0 Å². The summed E-state index contributed by atoms with van der Waals surface area (Å²) >= 11 is 6.97. The summed E-state index contributed by atoms with van der Waals surface area (Å²) in [5.41, 5.74) is 0.952. The van der Waals surface area contributed by atoms with Gasteiger partial charge in [0.05, 0.1) is 13.8 Å². The molecule has 0 amide bonds. The maximum Gasteiger partial charge on any atom is 0.225 e. The van der Waals surface area contributed by atoms with E-state index < -0.39 is 0 Å². The lowest BCUT2D eigenvalue weighted by atomic mass is 10.3. The molecule has 10 heteroatoms. The molecule has 0 spiro atoms. The van der Waals surface area contributed by atoms with Crippen molar-refractivity contribution in [1.82, 2.24) is 24.6 Å². The molecule has 28 heavy (non-hydrogen) atoms. The van der Waals surface area contributed by atoms with E-state index >= 15 is 0 Å². The van der Waals surface area contributed by atoms with Gasteiger partial charge in [0.15, 0.2) is 3.95 Å². The lowest BCUT2D eigenvalue weighted by molar-refractivity contribution is 0.194. The van der Waals surface area contributed by atoms with Crippen molar-refractivity contribution in [3.8, 4) is 5.75 Å². The Kier molecular flexibility index (Phi) is 5.79. The van der Waals surface area contributed by atoms with Crippen molar-refractivity contribution >= 4 is 40.3 Å². The second-order valence-electron chi connectivity index (χ2n) is 6.32. The molecule has 0 radical (unpaired) electrons. The normalized spacial score (nSPS) is 14.8. The third kappa shape index (κ3) is 4.46. The first-order valence-corrected chi connectivity index (χ1v) is 10.2. The number of piperazine rings is 1. The van der Waals surface area contributed by atoms with E-state index in [9.17, 15) is 0 Å². The van der Waals surface area contributed by atoms with E-state index in [0.29, 0.717) is 6.67 Å². The molecule has 4 rings (SSSR count). The molecule has 1 aliphatic heterocycles. The van der Waals surface area contributed by atoms with Gasteiger partial charge in [-0.25, -0.2) is 14.6 Å². The van der Waals surface area contributed by atoms with Crippen molar-refractivity contribution in [3.63, 3.8) is 0 Å². The predicted molar refractivity (Wildman–Crippen MR) is 113 cm³/mol. The Morgan fingerprint density at radius 3 is 2.50 bits per heavy atom. The number of methoxy groups -OCH3 is 1. The molecule has 8 nitrogen and oxygen atoms in total. The number of anilines is 3. The molecule has 1 N–H and O–H groups in total. The monoisotopic (exact) mass is 415 g/mol. The Labute approximate surface area is 172 Å². The summed E-state index contributed by atoms with van der Waals surface area (Å²) in [5.74, 6) is 1.61. The topological polar surface area (TPSA) is 71.3 Å².